The molecule has 1 aliphatic heterocycles. The summed E-state index contributed by atoms with van der Waals surface area (Å²) >= 11 is 4.74. The van der Waals surface area contributed by atoms with Crippen molar-refractivity contribution in [2.45, 2.75) is 19.8 Å². The molecule has 1 aliphatic rings. The van der Waals surface area contributed by atoms with Gasteiger partial charge in [-0.1, -0.05) is 19.1 Å². The summed E-state index contributed by atoms with van der Waals surface area (Å²) in [5, 5.41) is 7.24. The van der Waals surface area contributed by atoms with E-state index in [1.807, 2.05) is 31.2 Å². The van der Waals surface area contributed by atoms with Crippen molar-refractivity contribution >= 4 is 41.0 Å². The highest BCUT2D eigenvalue weighted by atomic mass is 32.1. The van der Waals surface area contributed by atoms with Crippen LogP contribution in [0, 0.1) is 5.92 Å². The Morgan fingerprint density at radius 1 is 1.50 bits per heavy atom. The van der Waals surface area contributed by atoms with Crippen LogP contribution < -0.4 is 21.4 Å². The monoisotopic (exact) mass is 347 g/mol. The van der Waals surface area contributed by atoms with Gasteiger partial charge in [0.1, 0.15) is 0 Å². The molecule has 8 heteroatoms. The van der Waals surface area contributed by atoms with Crippen LogP contribution in [0.2, 0.25) is 0 Å². The summed E-state index contributed by atoms with van der Waals surface area (Å²) in [4.78, 5) is 24.2. The zero-order chi connectivity index (χ0) is 17.5. The van der Waals surface area contributed by atoms with Crippen LogP contribution in [-0.4, -0.2) is 36.2 Å². The lowest BCUT2D eigenvalue weighted by Crippen LogP contribution is -2.32. The number of hydrogen-bond donors (Lipinski definition) is 3. The third-order valence-corrected chi connectivity index (χ3v) is 3.90. The number of carbonyl (C=O) groups is 2. The van der Waals surface area contributed by atoms with Crippen molar-refractivity contribution in [1.82, 2.24) is 10.7 Å². The SMILES string of the molecule is CC1CC(=O)NN=C1c1ccc(N(C=O)CCCNC(N)=S)cc1. The van der Waals surface area contributed by atoms with E-state index in [9.17, 15) is 9.59 Å². The number of amides is 2. The van der Waals surface area contributed by atoms with Gasteiger partial charge in [-0.05, 0) is 36.3 Å². The van der Waals surface area contributed by atoms with Crippen molar-refractivity contribution in [2.75, 3.05) is 18.0 Å². The number of benzene rings is 1. The fourth-order valence-electron chi connectivity index (χ4n) is 2.53. The highest BCUT2D eigenvalue weighted by Crippen LogP contribution is 2.20. The van der Waals surface area contributed by atoms with Gasteiger partial charge in [-0.25, -0.2) is 5.43 Å². The lowest BCUT2D eigenvalue weighted by Gasteiger charge is -2.21. The van der Waals surface area contributed by atoms with E-state index in [0.29, 0.717) is 19.5 Å². The summed E-state index contributed by atoms with van der Waals surface area (Å²) in [7, 11) is 0. The Morgan fingerprint density at radius 3 is 2.79 bits per heavy atom. The number of carbonyl (C=O) groups excluding carboxylic acids is 2. The minimum Gasteiger partial charge on any atom is -0.376 e. The van der Waals surface area contributed by atoms with Crippen LogP contribution >= 0.6 is 12.2 Å². The number of rotatable bonds is 7. The average Bonchev–Trinajstić information content (AvgIpc) is 2.55. The maximum Gasteiger partial charge on any atom is 0.240 e. The number of hydrazone groups is 1. The maximum atomic E-state index is 11.3. The first-order valence-electron chi connectivity index (χ1n) is 7.73. The molecule has 0 saturated heterocycles. The second-order valence-corrected chi connectivity index (χ2v) is 6.07. The molecule has 0 aliphatic carbocycles. The lowest BCUT2D eigenvalue weighted by atomic mass is 9.94. The van der Waals surface area contributed by atoms with Crippen LogP contribution in [0.3, 0.4) is 0 Å². The molecule has 128 valence electrons. The van der Waals surface area contributed by atoms with Crippen LogP contribution in [0.1, 0.15) is 25.3 Å². The van der Waals surface area contributed by atoms with Crippen molar-refractivity contribution in [2.24, 2.45) is 16.8 Å². The van der Waals surface area contributed by atoms with Crippen molar-refractivity contribution < 1.29 is 9.59 Å². The van der Waals surface area contributed by atoms with Crippen LogP contribution in [0.25, 0.3) is 0 Å². The van der Waals surface area contributed by atoms with Gasteiger partial charge in [0.25, 0.3) is 0 Å². The Balaban J connectivity index is 2.00. The number of nitrogens with zero attached hydrogens (tertiary/aromatic N) is 2. The second kappa shape index (κ2) is 8.39. The Labute approximate surface area is 146 Å². The Hall–Kier alpha value is -2.48. The van der Waals surface area contributed by atoms with E-state index in [2.05, 4.69) is 15.8 Å². The van der Waals surface area contributed by atoms with Crippen LogP contribution in [0.15, 0.2) is 29.4 Å². The van der Waals surface area contributed by atoms with Crippen molar-refractivity contribution in [3.05, 3.63) is 29.8 Å². The zero-order valence-electron chi connectivity index (χ0n) is 13.5. The standard InChI is InChI=1S/C16H21N5O2S/c1-11-9-14(23)19-20-15(11)12-3-5-13(6-4-12)21(10-22)8-2-7-18-16(17)24/h3-6,10-11H,2,7-9H2,1H3,(H,19,23)(H3,17,18,24). The molecule has 1 atom stereocenters. The number of hydrogen-bond acceptors (Lipinski definition) is 4. The van der Waals surface area contributed by atoms with Gasteiger partial charge in [0.15, 0.2) is 5.11 Å². The van der Waals surface area contributed by atoms with E-state index in [0.717, 1.165) is 29.8 Å². The van der Waals surface area contributed by atoms with Gasteiger partial charge >= 0.3 is 0 Å². The van der Waals surface area contributed by atoms with Gasteiger partial charge in [-0.15, -0.1) is 0 Å². The van der Waals surface area contributed by atoms with Crippen LogP contribution in [0.5, 0.6) is 0 Å². The first-order chi connectivity index (χ1) is 11.5. The summed E-state index contributed by atoms with van der Waals surface area (Å²) in [6.45, 7) is 3.15. The van der Waals surface area contributed by atoms with Crippen molar-refractivity contribution in [3.63, 3.8) is 0 Å². The average molecular weight is 347 g/mol. The zero-order valence-corrected chi connectivity index (χ0v) is 14.3. The first-order valence-corrected chi connectivity index (χ1v) is 8.14. The third kappa shape index (κ3) is 4.76. The Morgan fingerprint density at radius 2 is 2.21 bits per heavy atom. The summed E-state index contributed by atoms with van der Waals surface area (Å²) < 4.78 is 0. The maximum absolute atomic E-state index is 11.3. The number of thiocarbonyl (C=S) groups is 1. The molecule has 24 heavy (non-hydrogen) atoms. The summed E-state index contributed by atoms with van der Waals surface area (Å²) in [5.41, 5.74) is 10.5. The predicted molar refractivity (Wildman–Crippen MR) is 97.7 cm³/mol. The molecule has 1 aromatic carbocycles. The van der Waals surface area contributed by atoms with E-state index < -0.39 is 0 Å². The smallest absolute Gasteiger partial charge is 0.240 e. The fourth-order valence-corrected chi connectivity index (χ4v) is 2.63. The fraction of sp³-hybridized carbons (Fsp3) is 0.375. The van der Waals surface area contributed by atoms with Gasteiger partial charge < -0.3 is 16.0 Å². The van der Waals surface area contributed by atoms with Crippen LogP contribution in [0.4, 0.5) is 5.69 Å². The topological polar surface area (TPSA) is 99.8 Å². The lowest BCUT2D eigenvalue weighted by molar-refractivity contribution is -0.121. The van der Waals surface area contributed by atoms with Gasteiger partial charge in [0.05, 0.1) is 5.71 Å². The molecule has 2 rings (SSSR count). The van der Waals surface area contributed by atoms with Crippen LogP contribution in [-0.2, 0) is 9.59 Å². The van der Waals surface area contributed by atoms with E-state index in [-0.39, 0.29) is 16.9 Å². The van der Waals surface area contributed by atoms with Gasteiger partial charge in [-0.3, -0.25) is 9.59 Å². The molecule has 4 N–H and O–H groups in total. The number of anilines is 1. The molecule has 1 heterocycles. The first kappa shape index (κ1) is 17.9. The van der Waals surface area contributed by atoms with Gasteiger partial charge in [0.2, 0.25) is 12.3 Å². The minimum absolute atomic E-state index is 0.0675. The van der Waals surface area contributed by atoms with Crippen molar-refractivity contribution in [1.29, 1.82) is 0 Å². The molecule has 0 radical (unpaired) electrons. The summed E-state index contributed by atoms with van der Waals surface area (Å²) in [5.74, 6) is -0.00137. The molecule has 1 unspecified atom stereocenters. The molecular weight excluding hydrogens is 326 g/mol. The van der Waals surface area contributed by atoms with Gasteiger partial charge in [-0.2, -0.15) is 5.10 Å². The summed E-state index contributed by atoms with van der Waals surface area (Å²) in [6.07, 6.45) is 1.96. The van der Waals surface area contributed by atoms with Gasteiger partial charge in [0, 0.05) is 31.1 Å². The van der Waals surface area contributed by atoms with E-state index in [4.69, 9.17) is 18.0 Å². The molecule has 2 amide bonds. The highest BCUT2D eigenvalue weighted by molar-refractivity contribution is 7.80. The molecule has 7 nitrogen and oxygen atoms in total. The molecule has 0 saturated carbocycles. The number of nitrogens with one attached hydrogen (secondary N) is 2. The molecule has 0 aromatic heterocycles. The largest absolute Gasteiger partial charge is 0.376 e. The molecule has 0 bridgehead atoms. The van der Waals surface area contributed by atoms with E-state index >= 15 is 0 Å². The third-order valence-electron chi connectivity index (χ3n) is 3.76. The molecule has 0 spiro atoms. The van der Waals surface area contributed by atoms with E-state index in [1.54, 1.807) is 4.90 Å². The van der Waals surface area contributed by atoms with E-state index in [1.165, 1.54) is 0 Å². The molecular formula is C16H21N5O2S. The predicted octanol–water partition coefficient (Wildman–Crippen LogP) is 0.733. The Kier molecular flexibility index (Phi) is 6.25. The summed E-state index contributed by atoms with van der Waals surface area (Å²) in [6, 6.07) is 7.56. The second-order valence-electron chi connectivity index (χ2n) is 5.63. The molecule has 1 aromatic rings. The Bertz CT molecular complexity index is 644. The quantitative estimate of drug-likeness (QED) is 0.384. The van der Waals surface area contributed by atoms with Crippen molar-refractivity contribution in [3.8, 4) is 0 Å². The minimum atomic E-state index is -0.0689. The normalized spacial score (nSPS) is 16.8. The number of nitrogens with two attached hydrogens (primary N) is 1. The highest BCUT2D eigenvalue weighted by Gasteiger charge is 2.21. The molecule has 0 fully saturated rings.